The maximum absolute atomic E-state index is 9.16. The van der Waals surface area contributed by atoms with Crippen LogP contribution in [0.25, 0.3) is 0 Å². The van der Waals surface area contributed by atoms with Gasteiger partial charge in [-0.25, -0.2) is 0 Å². The summed E-state index contributed by atoms with van der Waals surface area (Å²) in [5.41, 5.74) is 2.38. The molecule has 0 radical (unpaired) electrons. The van der Waals surface area contributed by atoms with Crippen molar-refractivity contribution < 1.29 is 9.47 Å². The van der Waals surface area contributed by atoms with Crippen LogP contribution in [-0.4, -0.2) is 7.11 Å². The van der Waals surface area contributed by atoms with Gasteiger partial charge in [0.25, 0.3) is 0 Å². The summed E-state index contributed by atoms with van der Waals surface area (Å²) in [6.45, 7) is 0.521. The van der Waals surface area contributed by atoms with E-state index in [4.69, 9.17) is 26.3 Å². The van der Waals surface area contributed by atoms with Crippen LogP contribution < -0.4 is 4.74 Å². The molecule has 0 heterocycles. The molecule has 0 bridgehead atoms. The van der Waals surface area contributed by atoms with Gasteiger partial charge in [-0.3, -0.25) is 0 Å². The molecule has 0 fully saturated rings. The van der Waals surface area contributed by atoms with Crippen molar-refractivity contribution in [3.05, 3.63) is 59.2 Å². The Morgan fingerprint density at radius 2 is 2.00 bits per heavy atom. The number of nitrogens with zero attached hydrogens (tertiary/aromatic N) is 1. The number of methoxy groups -OCH3 is 1. The van der Waals surface area contributed by atoms with E-state index in [1.54, 1.807) is 19.2 Å². The van der Waals surface area contributed by atoms with Gasteiger partial charge in [-0.1, -0.05) is 18.2 Å². The third-order valence-electron chi connectivity index (χ3n) is 2.76. The molecule has 0 amide bonds. The van der Waals surface area contributed by atoms with Crippen LogP contribution in [0.2, 0.25) is 0 Å². The summed E-state index contributed by atoms with van der Waals surface area (Å²) in [7, 11) is 1.65. The van der Waals surface area contributed by atoms with Crippen molar-refractivity contribution >= 4 is 11.6 Å². The Kier molecular flexibility index (Phi) is 5.00. The first-order valence-corrected chi connectivity index (χ1v) is 6.65. The fraction of sp³-hybridized carbons (Fsp3) is 0.188. The largest absolute Gasteiger partial charge is 0.456 e. The van der Waals surface area contributed by atoms with Gasteiger partial charge in [0.05, 0.1) is 12.2 Å². The highest BCUT2D eigenvalue weighted by Gasteiger charge is 2.06. The van der Waals surface area contributed by atoms with Crippen molar-refractivity contribution in [3.8, 4) is 17.6 Å². The van der Waals surface area contributed by atoms with E-state index in [1.165, 1.54) is 0 Å². The number of nitriles is 1. The van der Waals surface area contributed by atoms with Crippen molar-refractivity contribution in [2.24, 2.45) is 0 Å². The molecular weight excluding hydrogens is 274 g/mol. The van der Waals surface area contributed by atoms with Gasteiger partial charge in [0, 0.05) is 13.0 Å². The molecule has 2 aromatic carbocycles. The Morgan fingerprint density at radius 1 is 1.15 bits per heavy atom. The third kappa shape index (κ3) is 3.51. The Bertz CT molecular complexity index is 635. The Morgan fingerprint density at radius 3 is 2.70 bits per heavy atom. The first-order valence-electron chi connectivity index (χ1n) is 6.11. The summed E-state index contributed by atoms with van der Waals surface area (Å²) >= 11 is 5.76. The molecule has 0 saturated carbocycles. The molecule has 2 rings (SSSR count). The molecule has 2 aromatic rings. The quantitative estimate of drug-likeness (QED) is 0.773. The fourth-order valence-corrected chi connectivity index (χ4v) is 2.00. The van der Waals surface area contributed by atoms with Crippen LogP contribution >= 0.6 is 11.6 Å². The molecular formula is C16H14ClNO2. The maximum Gasteiger partial charge on any atom is 0.145 e. The van der Waals surface area contributed by atoms with Crippen LogP contribution in [0.1, 0.15) is 16.7 Å². The van der Waals surface area contributed by atoms with Crippen LogP contribution in [0.3, 0.4) is 0 Å². The smallest absolute Gasteiger partial charge is 0.145 e. The van der Waals surface area contributed by atoms with Gasteiger partial charge in [0.2, 0.25) is 0 Å². The number of benzene rings is 2. The topological polar surface area (TPSA) is 42.2 Å². The van der Waals surface area contributed by atoms with Crippen LogP contribution in [0, 0.1) is 11.3 Å². The predicted octanol–water partition coefficient (Wildman–Crippen LogP) is 4.24. The molecule has 0 aliphatic rings. The van der Waals surface area contributed by atoms with E-state index >= 15 is 0 Å². The van der Waals surface area contributed by atoms with Crippen molar-refractivity contribution in [3.63, 3.8) is 0 Å². The highest BCUT2D eigenvalue weighted by Crippen LogP contribution is 2.27. The molecule has 3 nitrogen and oxygen atoms in total. The fourth-order valence-electron chi connectivity index (χ4n) is 1.83. The number of ether oxygens (including phenoxy) is 2. The van der Waals surface area contributed by atoms with Crippen molar-refractivity contribution in [2.75, 3.05) is 7.11 Å². The lowest BCUT2D eigenvalue weighted by molar-refractivity contribution is 0.184. The predicted molar refractivity (Wildman–Crippen MR) is 77.9 cm³/mol. The number of rotatable bonds is 5. The standard InChI is InChI=1S/C16H14ClNO2/c1-19-11-13-3-2-4-15(8-13)20-16-6-5-12(9-17)7-14(16)10-18/h2-8H,9,11H2,1H3. The van der Waals surface area contributed by atoms with E-state index < -0.39 is 0 Å². The first kappa shape index (κ1) is 14.4. The molecule has 0 aliphatic carbocycles. The lowest BCUT2D eigenvalue weighted by atomic mass is 10.1. The Balaban J connectivity index is 2.25. The SMILES string of the molecule is COCc1cccc(Oc2ccc(CCl)cc2C#N)c1. The van der Waals surface area contributed by atoms with E-state index in [9.17, 15) is 0 Å². The highest BCUT2D eigenvalue weighted by molar-refractivity contribution is 6.17. The molecule has 0 unspecified atom stereocenters. The average molecular weight is 288 g/mol. The van der Waals surface area contributed by atoms with Gasteiger partial charge >= 0.3 is 0 Å². The van der Waals surface area contributed by atoms with Crippen molar-refractivity contribution in [2.45, 2.75) is 12.5 Å². The van der Waals surface area contributed by atoms with E-state index in [0.29, 0.717) is 29.5 Å². The third-order valence-corrected chi connectivity index (χ3v) is 3.06. The van der Waals surface area contributed by atoms with Gasteiger partial charge in [0.1, 0.15) is 17.6 Å². The summed E-state index contributed by atoms with van der Waals surface area (Å²) < 4.78 is 10.9. The zero-order chi connectivity index (χ0) is 14.4. The van der Waals surface area contributed by atoms with E-state index in [0.717, 1.165) is 11.1 Å². The Hall–Kier alpha value is -2.02. The minimum absolute atomic E-state index is 0.373. The molecule has 0 atom stereocenters. The van der Waals surface area contributed by atoms with Gasteiger partial charge < -0.3 is 9.47 Å². The van der Waals surface area contributed by atoms with E-state index in [-0.39, 0.29) is 0 Å². The van der Waals surface area contributed by atoms with E-state index in [2.05, 4.69) is 6.07 Å². The normalized spacial score (nSPS) is 10.1. The van der Waals surface area contributed by atoms with E-state index in [1.807, 2.05) is 30.3 Å². The lowest BCUT2D eigenvalue weighted by Gasteiger charge is -2.09. The van der Waals surface area contributed by atoms with Gasteiger partial charge in [0.15, 0.2) is 0 Å². The number of alkyl halides is 1. The minimum atomic E-state index is 0.373. The molecule has 0 saturated heterocycles. The van der Waals surface area contributed by atoms with Crippen molar-refractivity contribution in [1.82, 2.24) is 0 Å². The van der Waals surface area contributed by atoms with Crippen LogP contribution in [0.5, 0.6) is 11.5 Å². The first-order chi connectivity index (χ1) is 9.76. The number of hydrogen-bond acceptors (Lipinski definition) is 3. The molecule has 0 aliphatic heterocycles. The minimum Gasteiger partial charge on any atom is -0.456 e. The lowest BCUT2D eigenvalue weighted by Crippen LogP contribution is -1.92. The maximum atomic E-state index is 9.16. The Labute approximate surface area is 123 Å². The molecule has 0 N–H and O–H groups in total. The van der Waals surface area contributed by atoms with Crippen LogP contribution in [-0.2, 0) is 17.2 Å². The second-order valence-electron chi connectivity index (χ2n) is 4.26. The summed E-state index contributed by atoms with van der Waals surface area (Å²) in [6, 6.07) is 15.1. The zero-order valence-electron chi connectivity index (χ0n) is 11.1. The average Bonchev–Trinajstić information content (AvgIpc) is 2.48. The van der Waals surface area contributed by atoms with Crippen LogP contribution in [0.4, 0.5) is 0 Å². The zero-order valence-corrected chi connectivity index (χ0v) is 11.9. The summed E-state index contributed by atoms with van der Waals surface area (Å²) in [4.78, 5) is 0. The number of hydrogen-bond donors (Lipinski definition) is 0. The van der Waals surface area contributed by atoms with Gasteiger partial charge in [-0.15, -0.1) is 11.6 Å². The molecule has 0 aromatic heterocycles. The summed E-state index contributed by atoms with van der Waals surface area (Å²) in [5.74, 6) is 1.57. The molecule has 0 spiro atoms. The van der Waals surface area contributed by atoms with Gasteiger partial charge in [-0.2, -0.15) is 5.26 Å². The summed E-state index contributed by atoms with van der Waals surface area (Å²) in [5, 5.41) is 9.16. The summed E-state index contributed by atoms with van der Waals surface area (Å²) in [6.07, 6.45) is 0. The number of halogens is 1. The molecule has 102 valence electrons. The molecule has 4 heteroatoms. The second-order valence-corrected chi connectivity index (χ2v) is 4.53. The van der Waals surface area contributed by atoms with Gasteiger partial charge in [-0.05, 0) is 35.4 Å². The second kappa shape index (κ2) is 6.95. The van der Waals surface area contributed by atoms with Crippen LogP contribution in [0.15, 0.2) is 42.5 Å². The highest BCUT2D eigenvalue weighted by atomic mass is 35.5. The van der Waals surface area contributed by atoms with Crippen molar-refractivity contribution in [1.29, 1.82) is 5.26 Å². The molecule has 20 heavy (non-hydrogen) atoms. The monoisotopic (exact) mass is 287 g/mol.